The monoisotopic (exact) mass is 270 g/mol. The zero-order valence-corrected chi connectivity index (χ0v) is 11.9. The Bertz CT molecular complexity index is 490. The molecule has 2 fully saturated rings. The molecule has 3 rings (SSSR count). The molecule has 4 heteroatoms. The molecule has 1 heterocycles. The average molecular weight is 270 g/mol. The summed E-state index contributed by atoms with van der Waals surface area (Å²) in [5, 5.41) is 8.90. The molecule has 2 aliphatic rings. The van der Waals surface area contributed by atoms with E-state index < -0.39 is 0 Å². The largest absolute Gasteiger partial charge is 0.399 e. The number of nitrogens with zero attached hydrogens (tertiary/aromatic N) is 3. The summed E-state index contributed by atoms with van der Waals surface area (Å²) in [5.74, 6) is 0. The highest BCUT2D eigenvalue weighted by molar-refractivity contribution is 5.53. The van der Waals surface area contributed by atoms with Gasteiger partial charge in [0.2, 0.25) is 0 Å². The normalized spacial score (nSPS) is 21.4. The van der Waals surface area contributed by atoms with Gasteiger partial charge in [-0.15, -0.1) is 0 Å². The third-order valence-corrected chi connectivity index (χ3v) is 4.60. The van der Waals surface area contributed by atoms with Gasteiger partial charge in [0, 0.05) is 50.5 Å². The van der Waals surface area contributed by atoms with Crippen molar-refractivity contribution in [2.75, 3.05) is 43.4 Å². The van der Waals surface area contributed by atoms with Crippen LogP contribution < -0.4 is 10.6 Å². The van der Waals surface area contributed by atoms with Gasteiger partial charge in [0.1, 0.15) is 0 Å². The highest BCUT2D eigenvalue weighted by Crippen LogP contribution is 2.49. The summed E-state index contributed by atoms with van der Waals surface area (Å²) in [6, 6.07) is 10.5. The van der Waals surface area contributed by atoms with E-state index in [0.717, 1.165) is 44.8 Å². The minimum absolute atomic E-state index is 0.331. The van der Waals surface area contributed by atoms with Crippen molar-refractivity contribution in [2.24, 2.45) is 5.41 Å². The Hall–Kier alpha value is -1.73. The summed E-state index contributed by atoms with van der Waals surface area (Å²) >= 11 is 0. The zero-order chi connectivity index (χ0) is 14.0. The van der Waals surface area contributed by atoms with Crippen molar-refractivity contribution in [3.8, 4) is 6.07 Å². The van der Waals surface area contributed by atoms with E-state index in [9.17, 15) is 0 Å². The van der Waals surface area contributed by atoms with Crippen molar-refractivity contribution in [1.82, 2.24) is 4.90 Å². The van der Waals surface area contributed by atoms with Crippen LogP contribution in [0.25, 0.3) is 0 Å². The minimum Gasteiger partial charge on any atom is -0.399 e. The maximum Gasteiger partial charge on any atom is 0.0628 e. The molecule has 1 aliphatic carbocycles. The number of rotatable bonds is 4. The van der Waals surface area contributed by atoms with Gasteiger partial charge in [0.05, 0.1) is 6.07 Å². The quantitative estimate of drug-likeness (QED) is 0.851. The minimum atomic E-state index is 0.331. The number of hydrogen-bond donors (Lipinski definition) is 1. The van der Waals surface area contributed by atoms with Crippen LogP contribution in [0.1, 0.15) is 19.3 Å². The molecule has 1 aromatic carbocycles. The highest BCUT2D eigenvalue weighted by atomic mass is 15.3. The maximum absolute atomic E-state index is 8.90. The molecule has 0 amide bonds. The van der Waals surface area contributed by atoms with E-state index in [1.54, 1.807) is 0 Å². The first-order valence-electron chi connectivity index (χ1n) is 7.41. The molecule has 106 valence electrons. The fourth-order valence-corrected chi connectivity index (χ4v) is 3.06. The SMILES string of the molecule is N#CCC1(CN2CCN(c3ccc(N)cc3)CC2)CC1. The van der Waals surface area contributed by atoms with Crippen LogP contribution >= 0.6 is 0 Å². The molecule has 20 heavy (non-hydrogen) atoms. The maximum atomic E-state index is 8.90. The molecule has 0 aromatic heterocycles. The van der Waals surface area contributed by atoms with E-state index in [-0.39, 0.29) is 0 Å². The summed E-state index contributed by atoms with van der Waals surface area (Å²) in [4.78, 5) is 4.94. The van der Waals surface area contributed by atoms with E-state index in [4.69, 9.17) is 11.0 Å². The summed E-state index contributed by atoms with van der Waals surface area (Å²) in [5.41, 5.74) is 8.14. The molecule has 1 aromatic rings. The van der Waals surface area contributed by atoms with Crippen LogP contribution in [0.2, 0.25) is 0 Å². The van der Waals surface area contributed by atoms with Crippen LogP contribution in [0.4, 0.5) is 11.4 Å². The first-order valence-corrected chi connectivity index (χ1v) is 7.41. The molecule has 1 aliphatic heterocycles. The van der Waals surface area contributed by atoms with Crippen molar-refractivity contribution < 1.29 is 0 Å². The van der Waals surface area contributed by atoms with Crippen molar-refractivity contribution in [1.29, 1.82) is 5.26 Å². The van der Waals surface area contributed by atoms with Crippen molar-refractivity contribution in [3.63, 3.8) is 0 Å². The Labute approximate surface area is 120 Å². The zero-order valence-electron chi connectivity index (χ0n) is 11.9. The molecule has 0 bridgehead atoms. The number of anilines is 2. The number of nitriles is 1. The van der Waals surface area contributed by atoms with Crippen LogP contribution in [0.3, 0.4) is 0 Å². The lowest BCUT2D eigenvalue weighted by molar-refractivity contribution is 0.209. The molecule has 0 spiro atoms. The fourth-order valence-electron chi connectivity index (χ4n) is 3.06. The standard InChI is InChI=1S/C16H22N4/c17-8-7-16(5-6-16)13-19-9-11-20(12-10-19)15-3-1-14(18)2-4-15/h1-4H,5-7,9-13,18H2. The lowest BCUT2D eigenvalue weighted by Gasteiger charge is -2.37. The Morgan fingerprint density at radius 3 is 2.30 bits per heavy atom. The molecule has 1 saturated carbocycles. The Balaban J connectivity index is 1.52. The summed E-state index contributed by atoms with van der Waals surface area (Å²) in [7, 11) is 0. The third kappa shape index (κ3) is 2.88. The second-order valence-electron chi connectivity index (χ2n) is 6.19. The fraction of sp³-hybridized carbons (Fsp3) is 0.562. The number of nitrogens with two attached hydrogens (primary N) is 1. The van der Waals surface area contributed by atoms with E-state index in [0.29, 0.717) is 5.41 Å². The van der Waals surface area contributed by atoms with Crippen molar-refractivity contribution >= 4 is 11.4 Å². The lowest BCUT2D eigenvalue weighted by Crippen LogP contribution is -2.48. The lowest BCUT2D eigenvalue weighted by atomic mass is 10.0. The van der Waals surface area contributed by atoms with Gasteiger partial charge in [-0.3, -0.25) is 4.90 Å². The van der Waals surface area contributed by atoms with Crippen molar-refractivity contribution in [3.05, 3.63) is 24.3 Å². The molecule has 0 radical (unpaired) electrons. The Morgan fingerprint density at radius 1 is 1.10 bits per heavy atom. The van der Waals surface area contributed by atoms with Gasteiger partial charge in [0.15, 0.2) is 0 Å². The Kier molecular flexibility index (Phi) is 3.54. The van der Waals surface area contributed by atoms with Crippen LogP contribution in [-0.2, 0) is 0 Å². The van der Waals surface area contributed by atoms with Gasteiger partial charge in [-0.25, -0.2) is 0 Å². The summed E-state index contributed by atoms with van der Waals surface area (Å²) in [6.07, 6.45) is 3.20. The van der Waals surface area contributed by atoms with Gasteiger partial charge in [-0.2, -0.15) is 5.26 Å². The molecule has 4 nitrogen and oxygen atoms in total. The van der Waals surface area contributed by atoms with Crippen LogP contribution in [-0.4, -0.2) is 37.6 Å². The molecular weight excluding hydrogens is 248 g/mol. The number of nitrogen functional groups attached to an aromatic ring is 1. The predicted molar refractivity (Wildman–Crippen MR) is 81.4 cm³/mol. The van der Waals surface area contributed by atoms with E-state index >= 15 is 0 Å². The average Bonchev–Trinajstić information content (AvgIpc) is 3.21. The van der Waals surface area contributed by atoms with Crippen LogP contribution in [0.5, 0.6) is 0 Å². The predicted octanol–water partition coefficient (Wildman–Crippen LogP) is 2.08. The van der Waals surface area contributed by atoms with Gasteiger partial charge in [-0.05, 0) is 42.5 Å². The molecule has 0 unspecified atom stereocenters. The molecular formula is C16H22N4. The van der Waals surface area contributed by atoms with Gasteiger partial charge >= 0.3 is 0 Å². The number of piperazine rings is 1. The van der Waals surface area contributed by atoms with Crippen LogP contribution in [0, 0.1) is 16.7 Å². The molecule has 0 atom stereocenters. The van der Waals surface area contributed by atoms with Gasteiger partial charge in [0.25, 0.3) is 0 Å². The highest BCUT2D eigenvalue weighted by Gasteiger charge is 2.43. The van der Waals surface area contributed by atoms with Gasteiger partial charge in [-0.1, -0.05) is 0 Å². The second kappa shape index (κ2) is 5.34. The van der Waals surface area contributed by atoms with Crippen molar-refractivity contribution in [2.45, 2.75) is 19.3 Å². The molecule has 1 saturated heterocycles. The van der Waals surface area contributed by atoms with Gasteiger partial charge < -0.3 is 10.6 Å². The van der Waals surface area contributed by atoms with E-state index in [2.05, 4.69) is 28.0 Å². The Morgan fingerprint density at radius 2 is 1.75 bits per heavy atom. The van der Waals surface area contributed by atoms with Crippen LogP contribution in [0.15, 0.2) is 24.3 Å². The smallest absolute Gasteiger partial charge is 0.0628 e. The van der Waals surface area contributed by atoms with E-state index in [1.807, 2.05) is 12.1 Å². The topological polar surface area (TPSA) is 56.3 Å². The summed E-state index contributed by atoms with van der Waals surface area (Å²) in [6.45, 7) is 5.42. The second-order valence-corrected chi connectivity index (χ2v) is 6.19. The first kappa shape index (κ1) is 13.3. The number of hydrogen-bond acceptors (Lipinski definition) is 4. The van der Waals surface area contributed by atoms with E-state index in [1.165, 1.54) is 18.5 Å². The summed E-state index contributed by atoms with van der Waals surface area (Å²) < 4.78 is 0. The third-order valence-electron chi connectivity index (χ3n) is 4.60. The number of benzene rings is 1. The molecule has 2 N–H and O–H groups in total. The first-order chi connectivity index (χ1) is 9.71.